The van der Waals surface area contributed by atoms with E-state index in [1.165, 1.54) is 5.56 Å². The first kappa shape index (κ1) is 17.4. The van der Waals surface area contributed by atoms with Crippen molar-refractivity contribution in [1.82, 2.24) is 15.5 Å². The molecule has 2 atom stereocenters. The molecule has 2 heterocycles. The van der Waals surface area contributed by atoms with Crippen LogP contribution in [0.1, 0.15) is 18.4 Å². The summed E-state index contributed by atoms with van der Waals surface area (Å²) in [4.78, 5) is 15.0. The molecule has 0 radical (unpaired) electrons. The molecule has 3 rings (SSSR count). The van der Waals surface area contributed by atoms with Gasteiger partial charge in [0, 0.05) is 32.2 Å². The standard InChI is InChI=1S/C19H29N3O2/c23-19(17-7-4-8-20-14-17)21-18(13-16-5-2-1-3-6-16)15-22-9-11-24-12-10-22/h1-3,5-6,17-18,20H,4,7-15H2,(H,21,23). The van der Waals surface area contributed by atoms with Crippen LogP contribution in [0.4, 0.5) is 0 Å². The van der Waals surface area contributed by atoms with Crippen molar-refractivity contribution in [3.8, 4) is 0 Å². The van der Waals surface area contributed by atoms with E-state index in [0.29, 0.717) is 0 Å². The smallest absolute Gasteiger partial charge is 0.224 e. The van der Waals surface area contributed by atoms with Crippen molar-refractivity contribution in [3.63, 3.8) is 0 Å². The van der Waals surface area contributed by atoms with Crippen LogP contribution < -0.4 is 10.6 Å². The number of amides is 1. The Balaban J connectivity index is 1.60. The molecule has 132 valence electrons. The first-order chi connectivity index (χ1) is 11.8. The molecule has 0 aromatic heterocycles. The molecule has 2 fully saturated rings. The highest BCUT2D eigenvalue weighted by atomic mass is 16.5. The summed E-state index contributed by atoms with van der Waals surface area (Å²) in [7, 11) is 0. The van der Waals surface area contributed by atoms with Gasteiger partial charge in [0.1, 0.15) is 0 Å². The van der Waals surface area contributed by atoms with E-state index in [1.807, 2.05) is 6.07 Å². The quantitative estimate of drug-likeness (QED) is 0.818. The van der Waals surface area contributed by atoms with Crippen molar-refractivity contribution in [2.24, 2.45) is 5.92 Å². The number of ether oxygens (including phenoxy) is 1. The highest BCUT2D eigenvalue weighted by Crippen LogP contribution is 2.12. The van der Waals surface area contributed by atoms with Crippen LogP contribution in [-0.4, -0.2) is 62.8 Å². The minimum atomic E-state index is 0.113. The van der Waals surface area contributed by atoms with E-state index >= 15 is 0 Å². The Morgan fingerprint density at radius 2 is 2.08 bits per heavy atom. The maximum absolute atomic E-state index is 12.6. The van der Waals surface area contributed by atoms with Gasteiger partial charge < -0.3 is 15.4 Å². The molecule has 2 N–H and O–H groups in total. The molecule has 24 heavy (non-hydrogen) atoms. The number of nitrogens with zero attached hydrogens (tertiary/aromatic N) is 1. The Hall–Kier alpha value is -1.43. The Morgan fingerprint density at radius 3 is 2.79 bits per heavy atom. The molecule has 1 aromatic carbocycles. The van der Waals surface area contributed by atoms with Crippen LogP contribution in [0.15, 0.2) is 30.3 Å². The molecule has 0 aliphatic carbocycles. The SMILES string of the molecule is O=C(NC(Cc1ccccc1)CN1CCOCC1)C1CCCNC1. The fourth-order valence-corrected chi connectivity index (χ4v) is 3.55. The van der Waals surface area contributed by atoms with Crippen molar-refractivity contribution in [2.75, 3.05) is 45.9 Å². The molecular formula is C19H29N3O2. The van der Waals surface area contributed by atoms with Gasteiger partial charge in [-0.1, -0.05) is 30.3 Å². The lowest BCUT2D eigenvalue weighted by atomic mass is 9.97. The molecule has 2 saturated heterocycles. The van der Waals surface area contributed by atoms with Crippen molar-refractivity contribution >= 4 is 5.91 Å². The van der Waals surface area contributed by atoms with E-state index < -0.39 is 0 Å². The van der Waals surface area contributed by atoms with E-state index in [4.69, 9.17) is 4.74 Å². The van der Waals surface area contributed by atoms with Gasteiger partial charge in [-0.2, -0.15) is 0 Å². The van der Waals surface area contributed by atoms with Gasteiger partial charge in [-0.25, -0.2) is 0 Å². The highest BCUT2D eigenvalue weighted by molar-refractivity contribution is 5.79. The zero-order valence-electron chi connectivity index (χ0n) is 14.4. The summed E-state index contributed by atoms with van der Waals surface area (Å²) in [6.07, 6.45) is 2.96. The first-order valence-electron chi connectivity index (χ1n) is 9.16. The van der Waals surface area contributed by atoms with Gasteiger partial charge in [0.25, 0.3) is 0 Å². The lowest BCUT2D eigenvalue weighted by molar-refractivity contribution is -0.126. The van der Waals surface area contributed by atoms with Gasteiger partial charge in [-0.3, -0.25) is 9.69 Å². The van der Waals surface area contributed by atoms with Crippen molar-refractivity contribution in [3.05, 3.63) is 35.9 Å². The van der Waals surface area contributed by atoms with Crippen LogP contribution in [0.2, 0.25) is 0 Å². The molecule has 1 amide bonds. The van der Waals surface area contributed by atoms with Gasteiger partial charge in [0.15, 0.2) is 0 Å². The second-order valence-corrected chi connectivity index (χ2v) is 6.85. The van der Waals surface area contributed by atoms with Crippen molar-refractivity contribution in [2.45, 2.75) is 25.3 Å². The minimum absolute atomic E-state index is 0.113. The number of rotatable bonds is 6. The largest absolute Gasteiger partial charge is 0.379 e. The van der Waals surface area contributed by atoms with Crippen molar-refractivity contribution in [1.29, 1.82) is 0 Å². The van der Waals surface area contributed by atoms with E-state index in [-0.39, 0.29) is 17.9 Å². The molecular weight excluding hydrogens is 302 g/mol. The average molecular weight is 331 g/mol. The minimum Gasteiger partial charge on any atom is -0.379 e. The van der Waals surface area contributed by atoms with Crippen LogP contribution in [0, 0.1) is 5.92 Å². The van der Waals surface area contributed by atoms with Gasteiger partial charge in [-0.05, 0) is 31.4 Å². The van der Waals surface area contributed by atoms with E-state index in [9.17, 15) is 4.79 Å². The molecule has 5 heteroatoms. The zero-order valence-corrected chi connectivity index (χ0v) is 14.4. The summed E-state index contributed by atoms with van der Waals surface area (Å²) in [6, 6.07) is 10.6. The van der Waals surface area contributed by atoms with Gasteiger partial charge in [0.2, 0.25) is 5.91 Å². The molecule has 0 saturated carbocycles. The Bertz CT molecular complexity index is 497. The highest BCUT2D eigenvalue weighted by Gasteiger charge is 2.25. The molecule has 2 unspecified atom stereocenters. The second kappa shape index (κ2) is 9.16. The molecule has 2 aliphatic rings. The van der Waals surface area contributed by atoms with Crippen LogP contribution in [-0.2, 0) is 16.0 Å². The van der Waals surface area contributed by atoms with Crippen LogP contribution >= 0.6 is 0 Å². The lowest BCUT2D eigenvalue weighted by Gasteiger charge is -2.32. The van der Waals surface area contributed by atoms with E-state index in [2.05, 4.69) is 39.8 Å². The molecule has 2 aliphatic heterocycles. The number of carbonyl (C=O) groups is 1. The predicted molar refractivity (Wildman–Crippen MR) is 94.9 cm³/mol. The van der Waals surface area contributed by atoms with E-state index in [1.54, 1.807) is 0 Å². The summed E-state index contributed by atoms with van der Waals surface area (Å²) in [5, 5.41) is 6.65. The number of nitrogens with one attached hydrogen (secondary N) is 2. The van der Waals surface area contributed by atoms with Crippen LogP contribution in [0.3, 0.4) is 0 Å². The molecule has 0 spiro atoms. The Labute approximate surface area is 144 Å². The second-order valence-electron chi connectivity index (χ2n) is 6.85. The summed E-state index contributed by atoms with van der Waals surface area (Å²) in [5.41, 5.74) is 1.28. The maximum Gasteiger partial charge on any atom is 0.224 e. The van der Waals surface area contributed by atoms with Crippen LogP contribution in [0.25, 0.3) is 0 Å². The first-order valence-corrected chi connectivity index (χ1v) is 9.16. The summed E-state index contributed by atoms with van der Waals surface area (Å²) >= 11 is 0. The zero-order chi connectivity index (χ0) is 16.6. The monoisotopic (exact) mass is 331 g/mol. The van der Waals surface area contributed by atoms with Gasteiger partial charge >= 0.3 is 0 Å². The fourth-order valence-electron chi connectivity index (χ4n) is 3.55. The predicted octanol–water partition coefficient (Wildman–Crippen LogP) is 1.05. The van der Waals surface area contributed by atoms with Gasteiger partial charge in [-0.15, -0.1) is 0 Å². The van der Waals surface area contributed by atoms with Gasteiger partial charge in [0.05, 0.1) is 19.1 Å². The fraction of sp³-hybridized carbons (Fsp3) is 0.632. The average Bonchev–Trinajstić information content (AvgIpc) is 2.64. The molecule has 0 bridgehead atoms. The maximum atomic E-state index is 12.6. The number of morpholine rings is 1. The number of carbonyl (C=O) groups excluding carboxylic acids is 1. The molecule has 5 nitrogen and oxygen atoms in total. The number of piperidine rings is 1. The molecule has 1 aromatic rings. The number of benzene rings is 1. The Morgan fingerprint density at radius 1 is 1.29 bits per heavy atom. The number of hydrogen-bond acceptors (Lipinski definition) is 4. The number of hydrogen-bond donors (Lipinski definition) is 2. The van der Waals surface area contributed by atoms with Crippen molar-refractivity contribution < 1.29 is 9.53 Å². The lowest BCUT2D eigenvalue weighted by Crippen LogP contribution is -2.51. The third-order valence-corrected chi connectivity index (χ3v) is 4.92. The summed E-state index contributed by atoms with van der Waals surface area (Å²) < 4.78 is 5.44. The topological polar surface area (TPSA) is 53.6 Å². The normalized spacial score (nSPS) is 23.6. The summed E-state index contributed by atoms with van der Waals surface area (Å²) in [6.45, 7) is 6.21. The van der Waals surface area contributed by atoms with Crippen LogP contribution in [0.5, 0.6) is 0 Å². The third-order valence-electron chi connectivity index (χ3n) is 4.92. The third kappa shape index (κ3) is 5.30. The van der Waals surface area contributed by atoms with E-state index in [0.717, 1.165) is 65.2 Å². The summed E-state index contributed by atoms with van der Waals surface area (Å²) in [5.74, 6) is 0.318. The Kier molecular flexibility index (Phi) is 6.64.